The van der Waals surface area contributed by atoms with E-state index in [1.165, 1.54) is 0 Å². The molecule has 0 bridgehead atoms. The van der Waals surface area contributed by atoms with Crippen molar-refractivity contribution in [2.24, 2.45) is 20.0 Å². The number of hydrogen-bond donors (Lipinski definition) is 0. The quantitative estimate of drug-likeness (QED) is 0.217. The largest absolute Gasteiger partial charge is 0.457 e. The third-order valence-corrected chi connectivity index (χ3v) is 7.47. The van der Waals surface area contributed by atoms with Crippen LogP contribution in [0.4, 0.5) is 0 Å². The van der Waals surface area contributed by atoms with Gasteiger partial charge in [-0.3, -0.25) is 20.0 Å². The molecule has 5 nitrogen and oxygen atoms in total. The molecule has 0 aromatic heterocycles. The second-order valence-corrected chi connectivity index (χ2v) is 11.0. The van der Waals surface area contributed by atoms with Gasteiger partial charge in [0, 0.05) is 66.9 Å². The van der Waals surface area contributed by atoms with E-state index in [-0.39, 0.29) is 0 Å². The highest BCUT2D eigenvalue weighted by atomic mass is 16.5. The molecule has 218 valence electrons. The van der Waals surface area contributed by atoms with Gasteiger partial charge < -0.3 is 4.74 Å². The van der Waals surface area contributed by atoms with Crippen LogP contribution in [0.2, 0.25) is 0 Å². The lowest BCUT2D eigenvalue weighted by Crippen LogP contribution is -2.21. The van der Waals surface area contributed by atoms with Crippen LogP contribution in [0.1, 0.15) is 42.5 Å². The first-order valence-electron chi connectivity index (χ1n) is 14.6. The Morgan fingerprint density at radius 3 is 2.18 bits per heavy atom. The normalized spacial score (nSPS) is 22.5. The smallest absolute Gasteiger partial charge is 0.128 e. The number of nitrogens with zero attached hydrogens (tertiary/aromatic N) is 4. The van der Waals surface area contributed by atoms with Gasteiger partial charge >= 0.3 is 0 Å². The van der Waals surface area contributed by atoms with Crippen molar-refractivity contribution in [2.45, 2.75) is 31.1 Å². The Hall–Kier alpha value is -5.42. The highest BCUT2D eigenvalue weighted by Crippen LogP contribution is 2.37. The van der Waals surface area contributed by atoms with E-state index in [0.29, 0.717) is 0 Å². The average molecular weight is 577 g/mol. The number of rotatable bonds is 9. The average Bonchev–Trinajstić information content (AvgIpc) is 3.53. The fourth-order valence-corrected chi connectivity index (χ4v) is 4.99. The van der Waals surface area contributed by atoms with Gasteiger partial charge in [-0.05, 0) is 96.3 Å². The topological polar surface area (TPSA) is 58.7 Å². The Morgan fingerprint density at radius 2 is 1.45 bits per heavy atom. The predicted molar refractivity (Wildman–Crippen MR) is 188 cm³/mol. The van der Waals surface area contributed by atoms with Gasteiger partial charge in [-0.25, -0.2) is 0 Å². The minimum atomic E-state index is -0.415. The summed E-state index contributed by atoms with van der Waals surface area (Å²) in [5.41, 5.74) is 4.55. The second-order valence-electron chi connectivity index (χ2n) is 11.0. The summed E-state index contributed by atoms with van der Waals surface area (Å²) in [7, 11) is 0. The Labute approximate surface area is 260 Å². The fraction of sp³-hybridized carbons (Fsp3) is 0.128. The van der Waals surface area contributed by atoms with Crippen LogP contribution in [0.25, 0.3) is 11.6 Å². The Kier molecular flexibility index (Phi) is 9.68. The number of hydrogen-bond acceptors (Lipinski definition) is 5. The maximum absolute atomic E-state index is 6.72. The Bertz CT molecular complexity index is 1720. The summed E-state index contributed by atoms with van der Waals surface area (Å²) in [6.07, 6.45) is 39.3. The van der Waals surface area contributed by atoms with E-state index in [1.807, 2.05) is 79.5 Å². The molecule has 5 heteroatoms. The summed E-state index contributed by atoms with van der Waals surface area (Å²) in [5.74, 6) is 1.47. The summed E-state index contributed by atoms with van der Waals surface area (Å²) in [6.45, 7) is 7.96. The SMILES string of the molecule is C=C\C=N/C=C\C=C\c1cc(Oc2cc(C3=CC=CN=CC3)cc(C3(C)C=CC=CN=C3)c2)cc(C2(C)C=CC=CN=C2)c1. The first kappa shape index (κ1) is 30.1. The predicted octanol–water partition coefficient (Wildman–Crippen LogP) is 9.46. The zero-order valence-corrected chi connectivity index (χ0v) is 25.1. The minimum absolute atomic E-state index is 0.412. The molecule has 0 radical (unpaired) electrons. The second kappa shape index (κ2) is 14.2. The van der Waals surface area contributed by atoms with Gasteiger partial charge in [0.05, 0.1) is 0 Å². The van der Waals surface area contributed by atoms with E-state index in [2.05, 4.69) is 89.0 Å². The van der Waals surface area contributed by atoms with Crippen molar-refractivity contribution in [1.82, 2.24) is 0 Å². The van der Waals surface area contributed by atoms with Crippen LogP contribution in [0.15, 0.2) is 155 Å². The molecule has 3 heterocycles. The van der Waals surface area contributed by atoms with Crippen LogP contribution in [-0.2, 0) is 10.8 Å². The molecule has 0 spiro atoms. The molecular weight excluding hydrogens is 540 g/mol. The van der Waals surface area contributed by atoms with E-state index in [0.717, 1.165) is 45.7 Å². The number of allylic oxidation sites excluding steroid dienone is 12. The zero-order valence-electron chi connectivity index (χ0n) is 25.1. The molecule has 0 aliphatic carbocycles. The van der Waals surface area contributed by atoms with Crippen molar-refractivity contribution in [1.29, 1.82) is 0 Å². The molecular formula is C39H36N4O. The maximum Gasteiger partial charge on any atom is 0.128 e. The number of ether oxygens (including phenoxy) is 1. The highest BCUT2D eigenvalue weighted by Gasteiger charge is 2.25. The summed E-state index contributed by atoms with van der Waals surface area (Å²) < 4.78 is 6.72. The van der Waals surface area contributed by atoms with Crippen molar-refractivity contribution >= 4 is 36.5 Å². The third-order valence-electron chi connectivity index (χ3n) is 7.47. The molecule has 2 aromatic carbocycles. The van der Waals surface area contributed by atoms with Crippen LogP contribution >= 0.6 is 0 Å². The molecule has 2 atom stereocenters. The minimum Gasteiger partial charge on any atom is -0.457 e. The lowest BCUT2D eigenvalue weighted by molar-refractivity contribution is 0.479. The van der Waals surface area contributed by atoms with Gasteiger partial charge in [-0.2, -0.15) is 0 Å². The summed E-state index contributed by atoms with van der Waals surface area (Å²) in [4.78, 5) is 17.5. The van der Waals surface area contributed by atoms with Gasteiger partial charge in [0.2, 0.25) is 0 Å². The third kappa shape index (κ3) is 7.69. The van der Waals surface area contributed by atoms with Gasteiger partial charge in [0.1, 0.15) is 11.5 Å². The lowest BCUT2D eigenvalue weighted by Gasteiger charge is -2.24. The van der Waals surface area contributed by atoms with Crippen molar-refractivity contribution in [3.05, 3.63) is 157 Å². The van der Waals surface area contributed by atoms with Gasteiger partial charge in [-0.1, -0.05) is 61.3 Å². The van der Waals surface area contributed by atoms with Gasteiger partial charge in [-0.15, -0.1) is 0 Å². The first-order chi connectivity index (χ1) is 21.5. The summed E-state index contributed by atoms with van der Waals surface area (Å²) in [6, 6.07) is 12.7. The van der Waals surface area contributed by atoms with E-state index in [1.54, 1.807) is 30.9 Å². The monoisotopic (exact) mass is 576 g/mol. The molecule has 3 aliphatic rings. The molecule has 0 saturated carbocycles. The maximum atomic E-state index is 6.72. The highest BCUT2D eigenvalue weighted by molar-refractivity contribution is 5.84. The first-order valence-corrected chi connectivity index (χ1v) is 14.6. The molecule has 0 saturated heterocycles. The molecule has 2 aromatic rings. The van der Waals surface area contributed by atoms with Gasteiger partial charge in [0.25, 0.3) is 0 Å². The fourth-order valence-electron chi connectivity index (χ4n) is 4.99. The van der Waals surface area contributed by atoms with E-state index >= 15 is 0 Å². The molecule has 0 fully saturated rings. The molecule has 2 unspecified atom stereocenters. The van der Waals surface area contributed by atoms with Crippen molar-refractivity contribution in [2.75, 3.05) is 0 Å². The van der Waals surface area contributed by atoms with Crippen molar-refractivity contribution < 1.29 is 4.74 Å². The molecule has 44 heavy (non-hydrogen) atoms. The molecule has 3 aliphatic heterocycles. The van der Waals surface area contributed by atoms with E-state index in [4.69, 9.17) is 4.74 Å². The van der Waals surface area contributed by atoms with Crippen molar-refractivity contribution in [3.63, 3.8) is 0 Å². The Morgan fingerprint density at radius 1 is 0.773 bits per heavy atom. The van der Waals surface area contributed by atoms with E-state index < -0.39 is 10.8 Å². The molecule has 5 rings (SSSR count). The summed E-state index contributed by atoms with van der Waals surface area (Å²) in [5, 5.41) is 0. The van der Waals surface area contributed by atoms with Crippen LogP contribution < -0.4 is 4.74 Å². The molecule has 0 N–H and O–H groups in total. The van der Waals surface area contributed by atoms with Crippen LogP contribution in [0.3, 0.4) is 0 Å². The van der Waals surface area contributed by atoms with Gasteiger partial charge in [0.15, 0.2) is 0 Å². The molecule has 0 amide bonds. The zero-order chi connectivity index (χ0) is 30.7. The van der Waals surface area contributed by atoms with Crippen LogP contribution in [0, 0.1) is 0 Å². The number of benzene rings is 2. The summed E-state index contributed by atoms with van der Waals surface area (Å²) >= 11 is 0. The lowest BCUT2D eigenvalue weighted by atomic mass is 9.81. The van der Waals surface area contributed by atoms with Crippen LogP contribution in [-0.4, -0.2) is 24.9 Å². The van der Waals surface area contributed by atoms with Crippen LogP contribution in [0.5, 0.6) is 11.5 Å². The van der Waals surface area contributed by atoms with E-state index in [9.17, 15) is 0 Å². The standard InChI is InChI=1S/C39H36N4O/c1-4-17-40-18-8-5-12-31-23-34(38(2)15-6-9-19-42-29-38)27-36(24-31)44-37-26-33(32-13-11-21-41-22-14-32)25-35(28-37)39(3)16-7-10-20-43-30-39/h4-13,15-30H,1,14H2,2-3H3/b12-5+,18-8-,40-17-. The Balaban J connectivity index is 1.58. The number of aliphatic imine (C=N–C) groups is 4. The van der Waals surface area contributed by atoms with Crippen molar-refractivity contribution in [3.8, 4) is 11.5 Å².